The second-order valence-electron chi connectivity index (χ2n) is 6.34. The summed E-state index contributed by atoms with van der Waals surface area (Å²) >= 11 is 0. The van der Waals surface area contributed by atoms with E-state index in [1.807, 2.05) is 6.07 Å². The number of H-pyrrole nitrogens is 1. The molecule has 0 bridgehead atoms. The van der Waals surface area contributed by atoms with Gasteiger partial charge in [-0.05, 0) is 31.1 Å². The van der Waals surface area contributed by atoms with E-state index in [1.165, 1.54) is 12.4 Å². The average Bonchev–Trinajstić information content (AvgIpc) is 3.45. The fraction of sp³-hybridized carbons (Fsp3) is 0.333. The maximum atomic E-state index is 12.5. The Hall–Kier alpha value is -2.96. The van der Waals surface area contributed by atoms with Gasteiger partial charge >= 0.3 is 0 Å². The van der Waals surface area contributed by atoms with Gasteiger partial charge in [0.1, 0.15) is 18.2 Å². The van der Waals surface area contributed by atoms with Crippen molar-refractivity contribution in [2.24, 2.45) is 0 Å². The van der Waals surface area contributed by atoms with Crippen molar-refractivity contribution in [2.75, 3.05) is 11.4 Å². The molecular formula is C18H19N5O2. The summed E-state index contributed by atoms with van der Waals surface area (Å²) in [6, 6.07) is 3.96. The predicted molar refractivity (Wildman–Crippen MR) is 93.9 cm³/mol. The number of amides is 1. The van der Waals surface area contributed by atoms with Gasteiger partial charge < -0.3 is 14.8 Å². The van der Waals surface area contributed by atoms with Crippen LogP contribution < -0.4 is 10.5 Å². The molecule has 0 aromatic carbocycles. The minimum Gasteiger partial charge on any atom is -0.344 e. The molecule has 1 N–H and O–H groups in total. The van der Waals surface area contributed by atoms with Gasteiger partial charge in [-0.15, -0.1) is 0 Å². The van der Waals surface area contributed by atoms with Crippen LogP contribution >= 0.6 is 0 Å². The number of nitrogens with zero attached hydrogens (tertiary/aromatic N) is 4. The van der Waals surface area contributed by atoms with Gasteiger partial charge in [-0.1, -0.05) is 6.58 Å². The van der Waals surface area contributed by atoms with Gasteiger partial charge in [0.25, 0.3) is 5.56 Å². The highest BCUT2D eigenvalue weighted by Crippen LogP contribution is 2.37. The number of carbonyl (C=O) groups excluding carboxylic acids is 1. The number of hydrogen-bond acceptors (Lipinski definition) is 5. The first-order chi connectivity index (χ1) is 12.2. The third-order valence-corrected chi connectivity index (χ3v) is 4.75. The molecule has 1 atom stereocenters. The SMILES string of the molecule is C=CC(=O)N1CCC1N(c1cc(-c2ccncn2)c[nH]c1=O)C1CC1. The van der Waals surface area contributed by atoms with Crippen molar-refractivity contribution >= 4 is 11.6 Å². The van der Waals surface area contributed by atoms with E-state index < -0.39 is 0 Å². The number of rotatable bonds is 5. The van der Waals surface area contributed by atoms with Crippen molar-refractivity contribution in [3.05, 3.63) is 53.9 Å². The van der Waals surface area contributed by atoms with Gasteiger partial charge in [-0.25, -0.2) is 9.97 Å². The number of aromatic nitrogens is 3. The fourth-order valence-electron chi connectivity index (χ4n) is 3.26. The van der Waals surface area contributed by atoms with E-state index in [0.29, 0.717) is 18.3 Å². The van der Waals surface area contributed by atoms with Gasteiger partial charge in [-0.2, -0.15) is 0 Å². The Labute approximate surface area is 145 Å². The van der Waals surface area contributed by atoms with Crippen molar-refractivity contribution in [3.63, 3.8) is 0 Å². The molecular weight excluding hydrogens is 318 g/mol. The highest BCUT2D eigenvalue weighted by molar-refractivity contribution is 5.88. The molecule has 0 spiro atoms. The van der Waals surface area contributed by atoms with E-state index >= 15 is 0 Å². The first-order valence-corrected chi connectivity index (χ1v) is 8.39. The van der Waals surface area contributed by atoms with Gasteiger partial charge in [0.15, 0.2) is 0 Å². The zero-order chi connectivity index (χ0) is 17.4. The van der Waals surface area contributed by atoms with E-state index in [-0.39, 0.29) is 17.6 Å². The largest absolute Gasteiger partial charge is 0.344 e. The van der Waals surface area contributed by atoms with Crippen LogP contribution in [0.25, 0.3) is 11.3 Å². The lowest BCUT2D eigenvalue weighted by Gasteiger charge is -2.47. The third-order valence-electron chi connectivity index (χ3n) is 4.75. The zero-order valence-electron chi connectivity index (χ0n) is 13.8. The molecule has 1 amide bonds. The molecule has 2 aromatic heterocycles. The van der Waals surface area contributed by atoms with Crippen LogP contribution in [0.5, 0.6) is 0 Å². The quantitative estimate of drug-likeness (QED) is 0.837. The molecule has 2 aliphatic rings. The molecule has 1 saturated heterocycles. The summed E-state index contributed by atoms with van der Waals surface area (Å²) in [5.74, 6) is -0.0923. The van der Waals surface area contributed by atoms with Crippen molar-refractivity contribution in [1.82, 2.24) is 19.9 Å². The topological polar surface area (TPSA) is 82.2 Å². The van der Waals surface area contributed by atoms with Crippen LogP contribution in [0.2, 0.25) is 0 Å². The number of nitrogens with one attached hydrogen (secondary N) is 1. The minimum atomic E-state index is -0.150. The van der Waals surface area contributed by atoms with Gasteiger partial charge in [0, 0.05) is 37.0 Å². The predicted octanol–water partition coefficient (Wildman–Crippen LogP) is 1.55. The summed E-state index contributed by atoms with van der Waals surface area (Å²) in [5, 5.41) is 0. The Kier molecular flexibility index (Phi) is 3.83. The molecule has 1 unspecified atom stereocenters. The van der Waals surface area contributed by atoms with Crippen molar-refractivity contribution < 1.29 is 4.79 Å². The van der Waals surface area contributed by atoms with Crippen LogP contribution in [0.4, 0.5) is 5.69 Å². The fourth-order valence-corrected chi connectivity index (χ4v) is 3.26. The number of hydrogen-bond donors (Lipinski definition) is 1. The molecule has 2 fully saturated rings. The summed E-state index contributed by atoms with van der Waals surface area (Å²) in [4.78, 5) is 39.4. The second kappa shape index (κ2) is 6.16. The molecule has 25 heavy (non-hydrogen) atoms. The van der Waals surface area contributed by atoms with Crippen LogP contribution in [0, 0.1) is 0 Å². The smallest absolute Gasteiger partial charge is 0.271 e. The van der Waals surface area contributed by atoms with Crippen LogP contribution in [0.3, 0.4) is 0 Å². The van der Waals surface area contributed by atoms with Gasteiger partial charge in [0.05, 0.1) is 5.69 Å². The molecule has 1 aliphatic carbocycles. The highest BCUT2D eigenvalue weighted by atomic mass is 16.2. The average molecular weight is 337 g/mol. The maximum absolute atomic E-state index is 12.5. The standard InChI is InChI=1S/C18H19N5O2/c1-2-17(24)22-8-6-16(22)23(13-3-4-13)15-9-12(10-20-18(15)25)14-5-7-19-11-21-14/h2,5,7,9-11,13,16H,1,3-4,6,8H2,(H,20,25). The maximum Gasteiger partial charge on any atom is 0.271 e. The Morgan fingerprint density at radius 3 is 2.84 bits per heavy atom. The normalized spacial score (nSPS) is 19.2. The Morgan fingerprint density at radius 1 is 1.40 bits per heavy atom. The molecule has 1 saturated carbocycles. The van der Waals surface area contributed by atoms with E-state index in [9.17, 15) is 9.59 Å². The molecule has 128 valence electrons. The lowest BCUT2D eigenvalue weighted by molar-refractivity contribution is -0.133. The summed E-state index contributed by atoms with van der Waals surface area (Å²) < 4.78 is 0. The zero-order valence-corrected chi connectivity index (χ0v) is 13.8. The molecule has 2 aromatic rings. The number of carbonyl (C=O) groups is 1. The van der Waals surface area contributed by atoms with Crippen LogP contribution in [0.15, 0.2) is 48.3 Å². The van der Waals surface area contributed by atoms with E-state index in [0.717, 1.165) is 30.5 Å². The minimum absolute atomic E-state index is 0.0836. The number of anilines is 1. The highest BCUT2D eigenvalue weighted by Gasteiger charge is 2.43. The van der Waals surface area contributed by atoms with Gasteiger partial charge in [0.2, 0.25) is 5.91 Å². The Morgan fingerprint density at radius 2 is 2.24 bits per heavy atom. The molecule has 7 nitrogen and oxygen atoms in total. The van der Waals surface area contributed by atoms with Crippen molar-refractivity contribution in [1.29, 1.82) is 0 Å². The monoisotopic (exact) mass is 337 g/mol. The first kappa shape index (κ1) is 15.6. The van der Waals surface area contributed by atoms with Crippen molar-refractivity contribution in [3.8, 4) is 11.3 Å². The second-order valence-corrected chi connectivity index (χ2v) is 6.34. The van der Waals surface area contributed by atoms with Crippen LogP contribution in [-0.2, 0) is 4.79 Å². The summed E-state index contributed by atoms with van der Waals surface area (Å²) in [6.07, 6.45) is 8.98. The van der Waals surface area contributed by atoms with E-state index in [4.69, 9.17) is 0 Å². The van der Waals surface area contributed by atoms with E-state index in [2.05, 4.69) is 26.4 Å². The third kappa shape index (κ3) is 2.82. The summed E-state index contributed by atoms with van der Waals surface area (Å²) in [5.41, 5.74) is 2.01. The van der Waals surface area contributed by atoms with Gasteiger partial charge in [-0.3, -0.25) is 9.59 Å². The molecule has 7 heteroatoms. The lowest BCUT2D eigenvalue weighted by Crippen LogP contribution is -2.61. The molecule has 3 heterocycles. The summed E-state index contributed by atoms with van der Waals surface area (Å²) in [6.45, 7) is 4.27. The lowest BCUT2D eigenvalue weighted by atomic mass is 10.1. The molecule has 4 rings (SSSR count). The van der Waals surface area contributed by atoms with Crippen LogP contribution in [-0.4, -0.2) is 44.5 Å². The van der Waals surface area contributed by atoms with Crippen LogP contribution in [0.1, 0.15) is 19.3 Å². The number of likely N-dealkylation sites (tertiary alicyclic amines) is 1. The number of pyridine rings is 1. The Bertz CT molecular complexity index is 859. The summed E-state index contributed by atoms with van der Waals surface area (Å²) in [7, 11) is 0. The number of aromatic amines is 1. The van der Waals surface area contributed by atoms with Crippen molar-refractivity contribution in [2.45, 2.75) is 31.5 Å². The first-order valence-electron chi connectivity index (χ1n) is 8.39. The molecule has 1 aliphatic heterocycles. The van der Waals surface area contributed by atoms with E-state index in [1.54, 1.807) is 23.4 Å². The Balaban J connectivity index is 1.72. The molecule has 0 radical (unpaired) electrons.